The number of rotatable bonds is 3. The molecule has 0 bridgehead atoms. The molecule has 110 valence electrons. The second-order valence-electron chi connectivity index (χ2n) is 4.22. The molecule has 1 fully saturated rings. The van der Waals surface area contributed by atoms with Crippen molar-refractivity contribution in [2.24, 2.45) is 5.73 Å². The van der Waals surface area contributed by atoms with Gasteiger partial charge in [-0.3, -0.25) is 14.4 Å². The van der Waals surface area contributed by atoms with Gasteiger partial charge in [-0.05, 0) is 6.92 Å². The summed E-state index contributed by atoms with van der Waals surface area (Å²) in [7, 11) is 0. The van der Waals surface area contributed by atoms with Crippen LogP contribution < -0.4 is 11.1 Å². The number of carbonyl (C=O) groups is 3. The van der Waals surface area contributed by atoms with E-state index in [-0.39, 0.29) is 18.9 Å². The second kappa shape index (κ2) is 7.73. The maximum absolute atomic E-state index is 11.9. The van der Waals surface area contributed by atoms with Gasteiger partial charge in [-0.1, -0.05) is 13.8 Å². The summed E-state index contributed by atoms with van der Waals surface area (Å²) in [5, 5.41) is 11.9. The van der Waals surface area contributed by atoms with Gasteiger partial charge in [-0.2, -0.15) is 0 Å². The predicted molar refractivity (Wildman–Crippen MR) is 69.9 cm³/mol. The van der Waals surface area contributed by atoms with Crippen molar-refractivity contribution in [3.05, 3.63) is 0 Å². The molecule has 1 rings (SSSR count). The fourth-order valence-electron chi connectivity index (χ4n) is 1.94. The third-order valence-corrected chi connectivity index (χ3v) is 2.68. The van der Waals surface area contributed by atoms with E-state index in [4.69, 9.17) is 5.73 Å². The van der Waals surface area contributed by atoms with E-state index in [1.54, 1.807) is 0 Å². The van der Waals surface area contributed by atoms with Gasteiger partial charge in [-0.15, -0.1) is 0 Å². The van der Waals surface area contributed by atoms with E-state index in [0.29, 0.717) is 0 Å². The van der Waals surface area contributed by atoms with E-state index in [0.717, 1.165) is 0 Å². The van der Waals surface area contributed by atoms with Crippen LogP contribution in [0.3, 0.4) is 0 Å². The van der Waals surface area contributed by atoms with E-state index in [9.17, 15) is 19.5 Å². The number of aliphatic hydroxyl groups is 1. The summed E-state index contributed by atoms with van der Waals surface area (Å²) in [6.45, 7) is 6.89. The smallest absolute Gasteiger partial charge is 0.245 e. The largest absolute Gasteiger partial charge is 0.391 e. The van der Waals surface area contributed by atoms with Crippen LogP contribution in [0.4, 0.5) is 0 Å². The van der Waals surface area contributed by atoms with Gasteiger partial charge in [0.15, 0.2) is 0 Å². The molecule has 1 aliphatic heterocycles. The van der Waals surface area contributed by atoms with Crippen molar-refractivity contribution in [2.75, 3.05) is 6.54 Å². The highest BCUT2D eigenvalue weighted by Gasteiger charge is 2.39. The molecule has 0 aliphatic carbocycles. The van der Waals surface area contributed by atoms with Crippen LogP contribution in [0.1, 0.15) is 34.1 Å². The minimum atomic E-state index is -0.797. The van der Waals surface area contributed by atoms with Gasteiger partial charge < -0.3 is 21.1 Å². The summed E-state index contributed by atoms with van der Waals surface area (Å²) >= 11 is 0. The number of β-amino-alcohol motifs (C(OH)–C–C–N with tert-alkyl or cyclic N) is 1. The Hall–Kier alpha value is -1.63. The van der Waals surface area contributed by atoms with Crippen LogP contribution in [0.2, 0.25) is 0 Å². The van der Waals surface area contributed by atoms with E-state index >= 15 is 0 Å². The van der Waals surface area contributed by atoms with E-state index < -0.39 is 30.0 Å². The van der Waals surface area contributed by atoms with Crippen molar-refractivity contribution in [3.63, 3.8) is 0 Å². The normalized spacial score (nSPS) is 23.1. The van der Waals surface area contributed by atoms with E-state index in [1.165, 1.54) is 18.7 Å². The SMILES string of the molecule is CC.CC(=O)N[C@@H](C)C(=O)N1C[C@@H](O)C[C@H]1C(N)=O. The van der Waals surface area contributed by atoms with Gasteiger partial charge in [0.2, 0.25) is 17.7 Å². The Kier molecular flexibility index (Phi) is 7.06. The zero-order valence-electron chi connectivity index (χ0n) is 11.8. The van der Waals surface area contributed by atoms with Gasteiger partial charge in [0.25, 0.3) is 0 Å². The third kappa shape index (κ3) is 4.86. The van der Waals surface area contributed by atoms with Crippen molar-refractivity contribution in [3.8, 4) is 0 Å². The molecular weight excluding hydrogens is 250 g/mol. The molecular formula is C12H23N3O4. The summed E-state index contributed by atoms with van der Waals surface area (Å²) in [6, 6.07) is -1.53. The highest BCUT2D eigenvalue weighted by Crippen LogP contribution is 2.18. The molecule has 0 aromatic rings. The van der Waals surface area contributed by atoms with Crippen LogP contribution in [0.5, 0.6) is 0 Å². The lowest BCUT2D eigenvalue weighted by atomic mass is 10.2. The molecule has 0 radical (unpaired) electrons. The van der Waals surface area contributed by atoms with E-state index in [1.807, 2.05) is 13.8 Å². The maximum Gasteiger partial charge on any atom is 0.245 e. The number of likely N-dealkylation sites (tertiary alicyclic amines) is 1. The highest BCUT2D eigenvalue weighted by molar-refractivity contribution is 5.91. The highest BCUT2D eigenvalue weighted by atomic mass is 16.3. The molecule has 19 heavy (non-hydrogen) atoms. The summed E-state index contributed by atoms with van der Waals surface area (Å²) in [6.07, 6.45) is -0.602. The van der Waals surface area contributed by atoms with Crippen molar-refractivity contribution in [1.29, 1.82) is 0 Å². The number of nitrogens with two attached hydrogens (primary N) is 1. The molecule has 3 atom stereocenters. The Morgan fingerprint density at radius 1 is 1.37 bits per heavy atom. The average Bonchev–Trinajstić information content (AvgIpc) is 2.72. The minimum absolute atomic E-state index is 0.0658. The number of primary amides is 1. The van der Waals surface area contributed by atoms with Crippen LogP contribution in [0, 0.1) is 0 Å². The van der Waals surface area contributed by atoms with Crippen LogP contribution in [0.25, 0.3) is 0 Å². The second-order valence-corrected chi connectivity index (χ2v) is 4.22. The molecule has 3 amide bonds. The summed E-state index contributed by atoms with van der Waals surface area (Å²) in [5.41, 5.74) is 5.16. The Bertz CT molecular complexity index is 346. The molecule has 0 aromatic carbocycles. The molecule has 7 heteroatoms. The molecule has 0 spiro atoms. The molecule has 7 nitrogen and oxygen atoms in total. The number of hydrogen-bond acceptors (Lipinski definition) is 4. The summed E-state index contributed by atoms with van der Waals surface area (Å²) < 4.78 is 0. The maximum atomic E-state index is 11.9. The first-order chi connectivity index (χ1) is 8.82. The first-order valence-corrected chi connectivity index (χ1v) is 6.38. The Balaban J connectivity index is 0.00000154. The quantitative estimate of drug-likeness (QED) is 0.611. The number of amides is 3. The molecule has 1 saturated heterocycles. The lowest BCUT2D eigenvalue weighted by molar-refractivity contribution is -0.140. The Labute approximate surface area is 113 Å². The topological polar surface area (TPSA) is 113 Å². The minimum Gasteiger partial charge on any atom is -0.391 e. The standard InChI is InChI=1S/C10H17N3O4.C2H6/c1-5(12-6(2)14)10(17)13-4-7(15)3-8(13)9(11)16;1-2/h5,7-8,15H,3-4H2,1-2H3,(H2,11,16)(H,12,14);1-2H3/t5-,7-,8-;/m0./s1. The number of nitrogens with one attached hydrogen (secondary N) is 1. The zero-order chi connectivity index (χ0) is 15.2. The summed E-state index contributed by atoms with van der Waals surface area (Å²) in [5.74, 6) is -1.40. The average molecular weight is 273 g/mol. The van der Waals surface area contributed by atoms with Gasteiger partial charge in [0, 0.05) is 19.9 Å². The Morgan fingerprint density at radius 2 is 1.89 bits per heavy atom. The Morgan fingerprint density at radius 3 is 2.32 bits per heavy atom. The fourth-order valence-corrected chi connectivity index (χ4v) is 1.94. The summed E-state index contributed by atoms with van der Waals surface area (Å²) in [4.78, 5) is 35.1. The van der Waals surface area contributed by atoms with Gasteiger partial charge in [0.05, 0.1) is 6.10 Å². The first kappa shape index (κ1) is 17.4. The van der Waals surface area contributed by atoms with Crippen LogP contribution in [0.15, 0.2) is 0 Å². The van der Waals surface area contributed by atoms with Gasteiger partial charge >= 0.3 is 0 Å². The van der Waals surface area contributed by atoms with Gasteiger partial charge in [-0.25, -0.2) is 0 Å². The number of hydrogen-bond donors (Lipinski definition) is 3. The molecule has 0 unspecified atom stereocenters. The van der Waals surface area contributed by atoms with Crippen molar-refractivity contribution in [2.45, 2.75) is 52.3 Å². The van der Waals surface area contributed by atoms with Crippen molar-refractivity contribution >= 4 is 17.7 Å². The number of aliphatic hydroxyl groups excluding tert-OH is 1. The van der Waals surface area contributed by atoms with Gasteiger partial charge in [0.1, 0.15) is 12.1 Å². The lowest BCUT2D eigenvalue weighted by Gasteiger charge is -2.25. The molecule has 0 saturated carbocycles. The fraction of sp³-hybridized carbons (Fsp3) is 0.750. The third-order valence-electron chi connectivity index (χ3n) is 2.68. The first-order valence-electron chi connectivity index (χ1n) is 6.38. The van der Waals surface area contributed by atoms with E-state index in [2.05, 4.69) is 5.32 Å². The molecule has 1 aliphatic rings. The van der Waals surface area contributed by atoms with Crippen LogP contribution >= 0.6 is 0 Å². The van der Waals surface area contributed by atoms with Crippen LogP contribution in [-0.2, 0) is 14.4 Å². The molecule has 4 N–H and O–H groups in total. The molecule has 1 heterocycles. The monoisotopic (exact) mass is 273 g/mol. The van der Waals surface area contributed by atoms with Crippen molar-refractivity contribution in [1.82, 2.24) is 10.2 Å². The lowest BCUT2D eigenvalue weighted by Crippen LogP contribution is -2.51. The predicted octanol–water partition coefficient (Wildman–Crippen LogP) is -1.02. The van der Waals surface area contributed by atoms with Crippen molar-refractivity contribution < 1.29 is 19.5 Å². The number of nitrogens with zero attached hydrogens (tertiary/aromatic N) is 1. The van der Waals surface area contributed by atoms with Crippen LogP contribution in [-0.4, -0.2) is 52.5 Å². The number of carbonyl (C=O) groups excluding carboxylic acids is 3. The zero-order valence-corrected chi connectivity index (χ0v) is 11.8. The molecule has 0 aromatic heterocycles.